The Morgan fingerprint density at radius 2 is 1.59 bits per heavy atom. The van der Waals surface area contributed by atoms with E-state index in [4.69, 9.17) is 9.94 Å². The number of nitrogens with zero attached hydrogens (tertiary/aromatic N) is 3. The third-order valence-corrected chi connectivity index (χ3v) is 8.73. The van der Waals surface area contributed by atoms with Crippen LogP contribution in [0.3, 0.4) is 0 Å². The summed E-state index contributed by atoms with van der Waals surface area (Å²) in [4.78, 5) is 12.1. The highest BCUT2D eigenvalue weighted by Gasteiger charge is 2.43. The quantitative estimate of drug-likeness (QED) is 0.430. The van der Waals surface area contributed by atoms with Crippen LogP contribution in [-0.4, -0.2) is 80.6 Å². The van der Waals surface area contributed by atoms with Crippen LogP contribution >= 0.6 is 0 Å². The van der Waals surface area contributed by atoms with Gasteiger partial charge < -0.3 is 4.74 Å². The minimum absolute atomic E-state index is 0.0995. The fourth-order valence-corrected chi connectivity index (χ4v) is 5.87. The van der Waals surface area contributed by atoms with Crippen LogP contribution < -0.4 is 10.2 Å². The second-order valence-electron chi connectivity index (χ2n) is 7.14. The van der Waals surface area contributed by atoms with Gasteiger partial charge in [0, 0.05) is 33.7 Å². The monoisotopic (exact) mass is 484 g/mol. The van der Waals surface area contributed by atoms with E-state index >= 15 is 0 Å². The summed E-state index contributed by atoms with van der Waals surface area (Å²) in [6.07, 6.45) is 0. The van der Waals surface area contributed by atoms with Crippen molar-refractivity contribution in [2.45, 2.75) is 10.9 Å². The number of rotatable bonds is 7. The number of benzene rings is 2. The highest BCUT2D eigenvalue weighted by molar-refractivity contribution is 7.89. The Morgan fingerprint density at radius 1 is 1.00 bits per heavy atom. The molecule has 11 nitrogen and oxygen atoms in total. The average Bonchev–Trinajstić information content (AvgIpc) is 2.79. The number of amides is 1. The van der Waals surface area contributed by atoms with Crippen molar-refractivity contribution in [3.63, 3.8) is 0 Å². The number of piperazine rings is 1. The molecule has 3 rings (SSSR count). The fourth-order valence-electron chi connectivity index (χ4n) is 3.20. The maximum atomic E-state index is 13.2. The van der Waals surface area contributed by atoms with Crippen molar-refractivity contribution < 1.29 is 31.6 Å². The number of carbonyl (C=O) groups excluding carboxylic acids is 1. The van der Waals surface area contributed by atoms with Gasteiger partial charge in [0.2, 0.25) is 10.0 Å². The van der Waals surface area contributed by atoms with Crippen molar-refractivity contribution >= 4 is 26.1 Å². The van der Waals surface area contributed by atoms with Crippen LogP contribution in [0.2, 0.25) is 0 Å². The Labute approximate surface area is 187 Å². The lowest BCUT2D eigenvalue weighted by Gasteiger charge is -2.39. The third kappa shape index (κ3) is 4.92. The number of nitrogens with one attached hydrogen (secondary N) is 1. The fraction of sp³-hybridized carbons (Fsp3) is 0.316. The van der Waals surface area contributed by atoms with Gasteiger partial charge in [0.25, 0.3) is 16.1 Å². The van der Waals surface area contributed by atoms with Crippen LogP contribution in [0.4, 0.5) is 0 Å². The number of hydrogen-bond donors (Lipinski definition) is 2. The van der Waals surface area contributed by atoms with E-state index in [9.17, 15) is 21.6 Å². The zero-order valence-corrected chi connectivity index (χ0v) is 19.1. The van der Waals surface area contributed by atoms with E-state index in [1.807, 2.05) is 6.07 Å². The molecule has 0 aromatic heterocycles. The standard InChI is InChI=1S/C19H24N4O7S2/c1-21(2)32(28,29)22-12-13-23(18(14-22)19(24)20-25)31(26,27)17-10-8-16(9-11-17)30-15-6-4-3-5-7-15/h3-11,18,25H,12-14H2,1-2H3,(H,20,24)/t18-/m1/s1. The second-order valence-corrected chi connectivity index (χ2v) is 11.2. The molecule has 0 radical (unpaired) electrons. The molecule has 0 aliphatic carbocycles. The molecule has 1 saturated heterocycles. The van der Waals surface area contributed by atoms with Crippen molar-refractivity contribution in [1.82, 2.24) is 18.4 Å². The smallest absolute Gasteiger partial charge is 0.281 e. The zero-order valence-electron chi connectivity index (χ0n) is 17.4. The van der Waals surface area contributed by atoms with Crippen molar-refractivity contribution in [3.8, 4) is 11.5 Å². The summed E-state index contributed by atoms with van der Waals surface area (Å²) in [5, 5.41) is 9.10. The molecule has 2 aromatic carbocycles. The predicted octanol–water partition coefficient (Wildman–Crippen LogP) is 0.466. The number of hydroxylamine groups is 1. The molecular formula is C19H24N4O7S2. The molecule has 0 saturated carbocycles. The minimum Gasteiger partial charge on any atom is -0.457 e. The number of ether oxygens (including phenoxy) is 1. The summed E-state index contributed by atoms with van der Waals surface area (Å²) in [5.74, 6) is -0.0287. The Bertz CT molecular complexity index is 1150. The molecule has 0 spiro atoms. The van der Waals surface area contributed by atoms with Crippen LogP contribution in [0.1, 0.15) is 0 Å². The van der Waals surface area contributed by atoms with Crippen LogP contribution in [0, 0.1) is 0 Å². The number of carbonyl (C=O) groups is 1. The lowest BCUT2D eigenvalue weighted by molar-refractivity contribution is -0.134. The third-order valence-electron chi connectivity index (χ3n) is 4.90. The summed E-state index contributed by atoms with van der Waals surface area (Å²) >= 11 is 0. The first kappa shape index (κ1) is 24.1. The molecule has 1 atom stereocenters. The second kappa shape index (κ2) is 9.52. The van der Waals surface area contributed by atoms with Crippen LogP contribution in [-0.2, 0) is 25.0 Å². The molecule has 174 valence electrons. The summed E-state index contributed by atoms with van der Waals surface area (Å²) in [5.41, 5.74) is 1.43. The Hall–Kier alpha value is -2.55. The summed E-state index contributed by atoms with van der Waals surface area (Å²) in [6.45, 7) is -0.860. The summed E-state index contributed by atoms with van der Waals surface area (Å²) in [7, 11) is -5.39. The van der Waals surface area contributed by atoms with E-state index in [1.54, 1.807) is 24.3 Å². The maximum Gasteiger partial charge on any atom is 0.281 e. The van der Waals surface area contributed by atoms with Gasteiger partial charge in [0.1, 0.15) is 17.5 Å². The van der Waals surface area contributed by atoms with E-state index in [2.05, 4.69) is 0 Å². The summed E-state index contributed by atoms with van der Waals surface area (Å²) in [6, 6.07) is 13.1. The van der Waals surface area contributed by atoms with Gasteiger partial charge in [-0.25, -0.2) is 13.9 Å². The normalized spacial score (nSPS) is 18.4. The van der Waals surface area contributed by atoms with Crippen molar-refractivity contribution in [2.75, 3.05) is 33.7 Å². The lowest BCUT2D eigenvalue weighted by Crippen LogP contribution is -2.62. The first-order chi connectivity index (χ1) is 15.1. The van der Waals surface area contributed by atoms with Crippen molar-refractivity contribution in [2.24, 2.45) is 0 Å². The molecule has 2 N–H and O–H groups in total. The van der Waals surface area contributed by atoms with Gasteiger partial charge in [-0.1, -0.05) is 18.2 Å². The molecule has 13 heteroatoms. The van der Waals surface area contributed by atoms with Gasteiger partial charge in [-0.2, -0.15) is 21.3 Å². The van der Waals surface area contributed by atoms with E-state index in [1.165, 1.54) is 43.8 Å². The molecular weight excluding hydrogens is 460 g/mol. The lowest BCUT2D eigenvalue weighted by atomic mass is 10.2. The van der Waals surface area contributed by atoms with E-state index in [-0.39, 0.29) is 18.0 Å². The van der Waals surface area contributed by atoms with Crippen molar-refractivity contribution in [1.29, 1.82) is 0 Å². The SMILES string of the molecule is CN(C)S(=O)(=O)N1CCN(S(=O)(=O)c2ccc(Oc3ccccc3)cc2)[C@@H](C(=O)NO)C1. The van der Waals surface area contributed by atoms with Gasteiger partial charge in [-0.05, 0) is 36.4 Å². The van der Waals surface area contributed by atoms with E-state index in [0.29, 0.717) is 11.5 Å². The van der Waals surface area contributed by atoms with Crippen molar-refractivity contribution in [3.05, 3.63) is 54.6 Å². The van der Waals surface area contributed by atoms with Gasteiger partial charge >= 0.3 is 0 Å². The largest absolute Gasteiger partial charge is 0.457 e. The summed E-state index contributed by atoms with van der Waals surface area (Å²) < 4.78 is 59.8. The average molecular weight is 485 g/mol. The van der Waals surface area contributed by atoms with Gasteiger partial charge in [-0.3, -0.25) is 10.0 Å². The molecule has 1 heterocycles. The predicted molar refractivity (Wildman–Crippen MR) is 115 cm³/mol. The topological polar surface area (TPSA) is 137 Å². The molecule has 1 amide bonds. The van der Waals surface area contributed by atoms with E-state index < -0.39 is 38.7 Å². The molecule has 0 bridgehead atoms. The minimum atomic E-state index is -4.17. The maximum absolute atomic E-state index is 13.2. The molecule has 32 heavy (non-hydrogen) atoms. The molecule has 1 aliphatic rings. The highest BCUT2D eigenvalue weighted by atomic mass is 32.2. The van der Waals surface area contributed by atoms with Crippen LogP contribution in [0.5, 0.6) is 11.5 Å². The van der Waals surface area contributed by atoms with Crippen LogP contribution in [0.15, 0.2) is 59.5 Å². The highest BCUT2D eigenvalue weighted by Crippen LogP contribution is 2.27. The van der Waals surface area contributed by atoms with Gasteiger partial charge in [0.15, 0.2) is 0 Å². The van der Waals surface area contributed by atoms with E-state index in [0.717, 1.165) is 12.9 Å². The Balaban J connectivity index is 1.85. The molecule has 1 aliphatic heterocycles. The van der Waals surface area contributed by atoms with Gasteiger partial charge in [-0.15, -0.1) is 0 Å². The van der Waals surface area contributed by atoms with Crippen LogP contribution in [0.25, 0.3) is 0 Å². The first-order valence-corrected chi connectivity index (χ1v) is 12.4. The molecule has 0 unspecified atom stereocenters. The number of sulfonamides is 1. The number of para-hydroxylation sites is 1. The Kier molecular flexibility index (Phi) is 7.17. The molecule has 1 fully saturated rings. The first-order valence-electron chi connectivity index (χ1n) is 9.53. The Morgan fingerprint density at radius 3 is 2.16 bits per heavy atom. The number of hydrogen-bond acceptors (Lipinski definition) is 7. The molecule has 2 aromatic rings. The van der Waals surface area contributed by atoms with Gasteiger partial charge in [0.05, 0.1) is 4.90 Å². The zero-order chi connectivity index (χ0) is 23.5.